The summed E-state index contributed by atoms with van der Waals surface area (Å²) in [6.45, 7) is 9.30. The molecule has 0 aliphatic carbocycles. The van der Waals surface area contributed by atoms with E-state index in [9.17, 15) is 5.26 Å². The quantitative estimate of drug-likeness (QED) is 0.762. The summed E-state index contributed by atoms with van der Waals surface area (Å²) in [5.41, 5.74) is -0.342. The molecule has 0 aromatic heterocycles. The molecule has 0 aromatic rings. The fourth-order valence-electron chi connectivity index (χ4n) is 2.45. The topological polar surface area (TPSA) is 39.5 Å². The van der Waals surface area contributed by atoms with Crippen molar-refractivity contribution in [2.24, 2.45) is 0 Å². The van der Waals surface area contributed by atoms with Gasteiger partial charge in [-0.05, 0) is 13.3 Å². The fraction of sp³-hybridized carbons (Fsp3) is 0.917. The molecule has 2 fully saturated rings. The lowest BCUT2D eigenvalue weighted by molar-refractivity contribution is -0.121. The summed E-state index contributed by atoms with van der Waals surface area (Å²) in [5.74, 6) is 0. The lowest BCUT2D eigenvalue weighted by Crippen LogP contribution is -2.66. The predicted octanol–water partition coefficient (Wildman–Crippen LogP) is 0.953. The minimum absolute atomic E-state index is 0.0258. The van der Waals surface area contributed by atoms with Crippen LogP contribution < -0.4 is 0 Å². The second kappa shape index (κ2) is 4.77. The van der Waals surface area contributed by atoms with E-state index in [-0.39, 0.29) is 10.4 Å². The average Bonchev–Trinajstić information content (AvgIpc) is 2.29. The number of nitriles is 1. The van der Waals surface area contributed by atoms with Crippen molar-refractivity contribution in [1.29, 1.82) is 5.26 Å². The number of piperazine rings is 1. The number of hydrogen-bond acceptors (Lipinski definition) is 5. The van der Waals surface area contributed by atoms with Crippen molar-refractivity contribution in [2.45, 2.75) is 30.7 Å². The van der Waals surface area contributed by atoms with Gasteiger partial charge < -0.3 is 4.74 Å². The van der Waals surface area contributed by atoms with E-state index in [0.29, 0.717) is 13.2 Å². The molecule has 96 valence electrons. The second-order valence-electron chi connectivity index (χ2n) is 5.18. The van der Waals surface area contributed by atoms with Crippen molar-refractivity contribution in [1.82, 2.24) is 9.80 Å². The molecule has 2 aliphatic heterocycles. The molecule has 0 aromatic carbocycles. The summed E-state index contributed by atoms with van der Waals surface area (Å²) in [4.78, 5) is 4.64. The van der Waals surface area contributed by atoms with Crippen LogP contribution in [0.3, 0.4) is 0 Å². The van der Waals surface area contributed by atoms with E-state index < -0.39 is 0 Å². The summed E-state index contributed by atoms with van der Waals surface area (Å²) in [7, 11) is 0. The Bertz CT molecular complexity index is 314. The van der Waals surface area contributed by atoms with E-state index in [2.05, 4.69) is 29.7 Å². The van der Waals surface area contributed by atoms with Crippen molar-refractivity contribution < 1.29 is 4.74 Å². The average molecular weight is 255 g/mol. The first-order valence-corrected chi connectivity index (χ1v) is 6.70. The van der Waals surface area contributed by atoms with Gasteiger partial charge in [0.05, 0.1) is 24.2 Å². The third kappa shape index (κ3) is 2.32. The third-order valence-corrected chi connectivity index (χ3v) is 4.72. The van der Waals surface area contributed by atoms with Crippen molar-refractivity contribution in [3.63, 3.8) is 0 Å². The maximum atomic E-state index is 9.26. The first kappa shape index (κ1) is 13.2. The first-order chi connectivity index (χ1) is 8.04. The van der Waals surface area contributed by atoms with Crippen LogP contribution in [0.15, 0.2) is 0 Å². The molecular formula is C12H21N3OS. The minimum atomic E-state index is -0.342. The third-order valence-electron chi connectivity index (χ3n) is 4.13. The van der Waals surface area contributed by atoms with Crippen LogP contribution in [0.5, 0.6) is 0 Å². The van der Waals surface area contributed by atoms with Crippen LogP contribution in [0, 0.1) is 11.3 Å². The Labute approximate surface area is 109 Å². The second-order valence-corrected chi connectivity index (χ2v) is 6.14. The summed E-state index contributed by atoms with van der Waals surface area (Å²) >= 11 is 4.71. The molecule has 0 saturated carbocycles. The molecule has 2 saturated heterocycles. The van der Waals surface area contributed by atoms with Crippen molar-refractivity contribution in [3.8, 4) is 6.07 Å². The molecule has 5 heteroatoms. The molecule has 0 amide bonds. The highest BCUT2D eigenvalue weighted by molar-refractivity contribution is 7.81. The van der Waals surface area contributed by atoms with Gasteiger partial charge in [0.15, 0.2) is 5.54 Å². The molecule has 0 spiro atoms. The number of ether oxygens (including phenoxy) is 1. The van der Waals surface area contributed by atoms with Crippen molar-refractivity contribution >= 4 is 12.6 Å². The SMILES string of the molecule is CCC(C)(S)N1CCN(C2(C#N)COC2)CC1. The molecule has 17 heavy (non-hydrogen) atoms. The van der Waals surface area contributed by atoms with Gasteiger partial charge in [0.2, 0.25) is 0 Å². The molecule has 4 nitrogen and oxygen atoms in total. The van der Waals surface area contributed by atoms with Gasteiger partial charge in [0.25, 0.3) is 0 Å². The first-order valence-electron chi connectivity index (χ1n) is 6.25. The zero-order chi connectivity index (χ0) is 12.5. The van der Waals surface area contributed by atoms with E-state index in [0.717, 1.165) is 32.6 Å². The van der Waals surface area contributed by atoms with Crippen LogP contribution in [0.25, 0.3) is 0 Å². The van der Waals surface area contributed by atoms with Crippen LogP contribution in [-0.2, 0) is 4.74 Å². The fourth-order valence-corrected chi connectivity index (χ4v) is 2.65. The molecule has 2 aliphatic rings. The monoisotopic (exact) mass is 255 g/mol. The molecule has 0 bridgehead atoms. The molecule has 0 radical (unpaired) electrons. The van der Waals surface area contributed by atoms with E-state index in [1.54, 1.807) is 0 Å². The van der Waals surface area contributed by atoms with Gasteiger partial charge in [-0.2, -0.15) is 17.9 Å². The van der Waals surface area contributed by atoms with Gasteiger partial charge in [0, 0.05) is 26.2 Å². The number of nitrogens with zero attached hydrogens (tertiary/aromatic N) is 3. The molecular weight excluding hydrogens is 234 g/mol. The van der Waals surface area contributed by atoms with E-state index in [1.165, 1.54) is 0 Å². The number of rotatable bonds is 3. The Morgan fingerprint density at radius 1 is 1.35 bits per heavy atom. The summed E-state index contributed by atoms with van der Waals surface area (Å²) in [6.07, 6.45) is 1.03. The van der Waals surface area contributed by atoms with Crippen LogP contribution in [0.1, 0.15) is 20.3 Å². The van der Waals surface area contributed by atoms with E-state index in [1.807, 2.05) is 0 Å². The van der Waals surface area contributed by atoms with Crippen molar-refractivity contribution in [3.05, 3.63) is 0 Å². The Kier molecular flexibility index (Phi) is 3.69. The van der Waals surface area contributed by atoms with Gasteiger partial charge in [0.1, 0.15) is 0 Å². The molecule has 1 atom stereocenters. The summed E-state index contributed by atoms with van der Waals surface area (Å²) < 4.78 is 5.20. The summed E-state index contributed by atoms with van der Waals surface area (Å²) in [6, 6.07) is 2.42. The highest BCUT2D eigenvalue weighted by atomic mass is 32.1. The normalized spacial score (nSPS) is 29.1. The zero-order valence-electron chi connectivity index (χ0n) is 10.6. The highest BCUT2D eigenvalue weighted by Crippen LogP contribution is 2.29. The standard InChI is InChI=1S/C12H21N3OS/c1-3-11(2,17)14-4-6-15(7-5-14)12(8-13)9-16-10-12/h17H,3-7,9-10H2,1-2H3. The maximum Gasteiger partial charge on any atom is 0.156 e. The largest absolute Gasteiger partial charge is 0.375 e. The van der Waals surface area contributed by atoms with E-state index in [4.69, 9.17) is 17.4 Å². The van der Waals surface area contributed by atoms with Crippen LogP contribution in [0.2, 0.25) is 0 Å². The molecule has 0 N–H and O–H groups in total. The lowest BCUT2D eigenvalue weighted by Gasteiger charge is -2.50. The molecule has 1 unspecified atom stereocenters. The summed E-state index contributed by atoms with van der Waals surface area (Å²) in [5, 5.41) is 9.26. The van der Waals surface area contributed by atoms with Crippen LogP contribution in [0.4, 0.5) is 0 Å². The highest BCUT2D eigenvalue weighted by Gasteiger charge is 2.46. The zero-order valence-corrected chi connectivity index (χ0v) is 11.5. The predicted molar refractivity (Wildman–Crippen MR) is 70.0 cm³/mol. The van der Waals surface area contributed by atoms with Crippen LogP contribution >= 0.6 is 12.6 Å². The lowest BCUT2D eigenvalue weighted by atomic mass is 9.96. The minimum Gasteiger partial charge on any atom is -0.375 e. The van der Waals surface area contributed by atoms with Crippen molar-refractivity contribution in [2.75, 3.05) is 39.4 Å². The van der Waals surface area contributed by atoms with Crippen LogP contribution in [-0.4, -0.2) is 59.6 Å². The molecule has 2 rings (SSSR count). The maximum absolute atomic E-state index is 9.26. The Morgan fingerprint density at radius 2 is 1.94 bits per heavy atom. The number of hydrogen-bond donors (Lipinski definition) is 1. The van der Waals surface area contributed by atoms with Gasteiger partial charge in [-0.15, -0.1) is 0 Å². The number of thiol groups is 1. The Hall–Kier alpha value is -0.280. The van der Waals surface area contributed by atoms with Gasteiger partial charge in [-0.25, -0.2) is 0 Å². The smallest absolute Gasteiger partial charge is 0.156 e. The molecule has 2 heterocycles. The van der Waals surface area contributed by atoms with Gasteiger partial charge in [-0.3, -0.25) is 9.80 Å². The Morgan fingerprint density at radius 3 is 2.29 bits per heavy atom. The van der Waals surface area contributed by atoms with Gasteiger partial charge >= 0.3 is 0 Å². The van der Waals surface area contributed by atoms with E-state index >= 15 is 0 Å². The van der Waals surface area contributed by atoms with Gasteiger partial charge in [-0.1, -0.05) is 6.92 Å². The Balaban J connectivity index is 1.93.